The van der Waals surface area contributed by atoms with Gasteiger partial charge in [0.2, 0.25) is 5.91 Å². The molecule has 25 heavy (non-hydrogen) atoms. The molecular weight excluding hydrogens is 308 g/mol. The smallest absolute Gasteiger partial charge is 0.249 e. The molecule has 0 bridgehead atoms. The molecule has 2 N–H and O–H groups in total. The van der Waals surface area contributed by atoms with Crippen LogP contribution in [0.5, 0.6) is 0 Å². The number of hydrogen-bond donors (Lipinski definition) is 1. The molecule has 3 aromatic carbocycles. The molecule has 3 rings (SSSR count). The maximum Gasteiger partial charge on any atom is 0.249 e. The summed E-state index contributed by atoms with van der Waals surface area (Å²) >= 11 is 0. The van der Waals surface area contributed by atoms with E-state index in [1.54, 1.807) is 0 Å². The van der Waals surface area contributed by atoms with Crippen LogP contribution in [-0.2, 0) is 0 Å². The van der Waals surface area contributed by atoms with Crippen molar-refractivity contribution in [3.05, 3.63) is 77.4 Å². The molecule has 0 fully saturated rings. The Labute approximate surface area is 147 Å². The summed E-state index contributed by atoms with van der Waals surface area (Å²) in [5, 5.41) is 0. The molecule has 0 aromatic heterocycles. The quantitative estimate of drug-likeness (QED) is 0.668. The highest BCUT2D eigenvalue weighted by atomic mass is 16.1. The number of nitrogens with zero attached hydrogens (tertiary/aromatic N) is 1. The Bertz CT molecular complexity index is 956. The van der Waals surface area contributed by atoms with Gasteiger partial charge in [-0.1, -0.05) is 48.5 Å². The molecule has 0 atom stereocenters. The highest BCUT2D eigenvalue weighted by molar-refractivity contribution is 5.97. The van der Waals surface area contributed by atoms with Crippen molar-refractivity contribution < 1.29 is 4.79 Å². The van der Waals surface area contributed by atoms with Gasteiger partial charge in [-0.3, -0.25) is 9.79 Å². The van der Waals surface area contributed by atoms with E-state index in [9.17, 15) is 4.79 Å². The Balaban J connectivity index is 2.06. The monoisotopic (exact) mass is 328 g/mol. The third kappa shape index (κ3) is 3.22. The summed E-state index contributed by atoms with van der Waals surface area (Å²) in [5.41, 5.74) is 12.9. The van der Waals surface area contributed by atoms with Gasteiger partial charge in [0, 0.05) is 5.56 Å². The van der Waals surface area contributed by atoms with Crippen LogP contribution < -0.4 is 5.73 Å². The van der Waals surface area contributed by atoms with Gasteiger partial charge in [0.25, 0.3) is 0 Å². The first-order chi connectivity index (χ1) is 12.0. The SMILES string of the molecule is C=Nc1cc(-c2ccc(-c3ccccc3C)cc2)cc(C(N)=O)c1C. The fraction of sp³-hybridized carbons (Fsp3) is 0.0909. The molecule has 0 aliphatic rings. The van der Waals surface area contributed by atoms with Crippen LogP contribution >= 0.6 is 0 Å². The zero-order chi connectivity index (χ0) is 18.0. The summed E-state index contributed by atoms with van der Waals surface area (Å²) in [6, 6.07) is 20.3. The normalized spacial score (nSPS) is 10.5. The molecule has 0 saturated heterocycles. The average Bonchev–Trinajstić information content (AvgIpc) is 2.62. The van der Waals surface area contributed by atoms with Crippen molar-refractivity contribution in [3.63, 3.8) is 0 Å². The number of primary amides is 1. The second-order valence-electron chi connectivity index (χ2n) is 6.08. The van der Waals surface area contributed by atoms with Crippen molar-refractivity contribution in [2.45, 2.75) is 13.8 Å². The Morgan fingerprint density at radius 3 is 2.16 bits per heavy atom. The molecule has 0 heterocycles. The van der Waals surface area contributed by atoms with Gasteiger partial charge < -0.3 is 5.73 Å². The summed E-state index contributed by atoms with van der Waals surface area (Å²) in [6.07, 6.45) is 0. The number of aliphatic imine (C=N–C) groups is 1. The Hall–Kier alpha value is -3.20. The molecule has 0 aliphatic carbocycles. The van der Waals surface area contributed by atoms with Gasteiger partial charge >= 0.3 is 0 Å². The minimum Gasteiger partial charge on any atom is -0.366 e. The molecule has 3 nitrogen and oxygen atoms in total. The van der Waals surface area contributed by atoms with Gasteiger partial charge in [0.05, 0.1) is 5.69 Å². The maximum atomic E-state index is 11.7. The van der Waals surface area contributed by atoms with Crippen LogP contribution in [0, 0.1) is 13.8 Å². The highest BCUT2D eigenvalue weighted by Gasteiger charge is 2.12. The number of hydrogen-bond acceptors (Lipinski definition) is 2. The van der Waals surface area contributed by atoms with E-state index in [0.29, 0.717) is 11.3 Å². The van der Waals surface area contributed by atoms with Crippen LogP contribution in [0.2, 0.25) is 0 Å². The molecule has 0 spiro atoms. The molecule has 124 valence electrons. The van der Waals surface area contributed by atoms with Crippen molar-refractivity contribution in [1.29, 1.82) is 0 Å². The van der Waals surface area contributed by atoms with E-state index in [4.69, 9.17) is 5.73 Å². The van der Waals surface area contributed by atoms with Gasteiger partial charge in [-0.2, -0.15) is 0 Å². The van der Waals surface area contributed by atoms with Crippen LogP contribution in [0.15, 0.2) is 65.7 Å². The largest absolute Gasteiger partial charge is 0.366 e. The predicted octanol–water partition coefficient (Wildman–Crippen LogP) is 5.07. The van der Waals surface area contributed by atoms with Crippen LogP contribution in [0.4, 0.5) is 5.69 Å². The fourth-order valence-corrected chi connectivity index (χ4v) is 3.02. The second kappa shape index (κ2) is 6.73. The number of nitrogens with two attached hydrogens (primary N) is 1. The van der Waals surface area contributed by atoms with Crippen LogP contribution in [-0.4, -0.2) is 12.6 Å². The molecular formula is C22H20N2O. The first kappa shape index (κ1) is 16.7. The predicted molar refractivity (Wildman–Crippen MR) is 105 cm³/mol. The maximum absolute atomic E-state index is 11.7. The topological polar surface area (TPSA) is 55.4 Å². The van der Waals surface area contributed by atoms with Crippen molar-refractivity contribution in [1.82, 2.24) is 0 Å². The second-order valence-corrected chi connectivity index (χ2v) is 6.08. The number of benzene rings is 3. The summed E-state index contributed by atoms with van der Waals surface area (Å²) in [6.45, 7) is 7.52. The van der Waals surface area contributed by atoms with Gasteiger partial charge in [-0.15, -0.1) is 0 Å². The van der Waals surface area contributed by atoms with E-state index in [-0.39, 0.29) is 0 Å². The Morgan fingerprint density at radius 2 is 1.56 bits per heavy atom. The standard InChI is InChI=1S/C22H20N2O/c1-14-6-4-5-7-19(14)17-10-8-16(9-11-17)18-12-20(22(23)25)15(2)21(13-18)24-3/h4-13H,3H2,1-2H3,(H2,23,25). The van der Waals surface area contributed by atoms with Crippen molar-refractivity contribution in [2.75, 3.05) is 0 Å². The first-order valence-corrected chi connectivity index (χ1v) is 8.09. The lowest BCUT2D eigenvalue weighted by atomic mass is 9.95. The number of amides is 1. The van der Waals surface area contributed by atoms with E-state index in [1.165, 1.54) is 11.1 Å². The third-order valence-corrected chi connectivity index (χ3v) is 4.49. The summed E-state index contributed by atoms with van der Waals surface area (Å²) < 4.78 is 0. The molecule has 0 unspecified atom stereocenters. The number of aryl methyl sites for hydroxylation is 1. The molecule has 0 aliphatic heterocycles. The van der Waals surface area contributed by atoms with E-state index in [2.05, 4.69) is 42.9 Å². The zero-order valence-corrected chi connectivity index (χ0v) is 14.4. The van der Waals surface area contributed by atoms with Crippen molar-refractivity contribution in [2.24, 2.45) is 10.7 Å². The van der Waals surface area contributed by atoms with Gasteiger partial charge in [-0.05, 0) is 66.1 Å². The van der Waals surface area contributed by atoms with Crippen molar-refractivity contribution in [3.8, 4) is 22.3 Å². The highest BCUT2D eigenvalue weighted by Crippen LogP contribution is 2.32. The van der Waals surface area contributed by atoms with E-state index < -0.39 is 5.91 Å². The molecule has 3 heteroatoms. The fourth-order valence-electron chi connectivity index (χ4n) is 3.02. The molecule has 0 radical (unpaired) electrons. The van der Waals surface area contributed by atoms with Crippen LogP contribution in [0.1, 0.15) is 21.5 Å². The molecule has 0 saturated carbocycles. The Kier molecular flexibility index (Phi) is 4.48. The summed E-state index contributed by atoms with van der Waals surface area (Å²) in [5.74, 6) is -0.458. The number of rotatable bonds is 4. The summed E-state index contributed by atoms with van der Waals surface area (Å²) in [4.78, 5) is 15.7. The van der Waals surface area contributed by atoms with E-state index in [1.807, 2.05) is 43.3 Å². The van der Waals surface area contributed by atoms with Gasteiger partial charge in [-0.25, -0.2) is 0 Å². The van der Waals surface area contributed by atoms with E-state index >= 15 is 0 Å². The molecule has 1 amide bonds. The minimum atomic E-state index is -0.458. The van der Waals surface area contributed by atoms with Crippen LogP contribution in [0.25, 0.3) is 22.3 Å². The third-order valence-electron chi connectivity index (χ3n) is 4.49. The van der Waals surface area contributed by atoms with Gasteiger partial charge in [0.1, 0.15) is 0 Å². The number of carbonyl (C=O) groups is 1. The average molecular weight is 328 g/mol. The van der Waals surface area contributed by atoms with Crippen LogP contribution in [0.3, 0.4) is 0 Å². The first-order valence-electron chi connectivity index (χ1n) is 8.09. The van der Waals surface area contributed by atoms with Gasteiger partial charge in [0.15, 0.2) is 0 Å². The lowest BCUT2D eigenvalue weighted by Gasteiger charge is -2.11. The zero-order valence-electron chi connectivity index (χ0n) is 14.4. The van der Waals surface area contributed by atoms with E-state index in [0.717, 1.165) is 22.3 Å². The molecule has 3 aromatic rings. The lowest BCUT2D eigenvalue weighted by molar-refractivity contribution is 0.1000. The Morgan fingerprint density at radius 1 is 0.920 bits per heavy atom. The van der Waals surface area contributed by atoms with Crippen molar-refractivity contribution >= 4 is 18.3 Å². The summed E-state index contributed by atoms with van der Waals surface area (Å²) in [7, 11) is 0. The lowest BCUT2D eigenvalue weighted by Crippen LogP contribution is -2.12. The number of carbonyl (C=O) groups excluding carboxylic acids is 1. The minimum absolute atomic E-state index is 0.458.